The second-order valence-electron chi connectivity index (χ2n) is 7.34. The van der Waals surface area contributed by atoms with Crippen LogP contribution in [0.3, 0.4) is 0 Å². The zero-order chi connectivity index (χ0) is 23.4. The summed E-state index contributed by atoms with van der Waals surface area (Å²) >= 11 is 1.26. The molecule has 0 bridgehead atoms. The van der Waals surface area contributed by atoms with Crippen molar-refractivity contribution in [3.05, 3.63) is 87.6 Å². The summed E-state index contributed by atoms with van der Waals surface area (Å²) in [6, 6.07) is 11.6. The molecule has 1 aliphatic heterocycles. The molecule has 1 atom stereocenters. The minimum absolute atomic E-state index is 0.0537. The number of nitrogens with zero attached hydrogens (tertiary/aromatic N) is 2. The van der Waals surface area contributed by atoms with E-state index in [2.05, 4.69) is 4.98 Å². The van der Waals surface area contributed by atoms with E-state index in [9.17, 15) is 14.7 Å². The Labute approximate surface area is 195 Å². The number of aliphatic hydroxyl groups excluding tert-OH is 1. The van der Waals surface area contributed by atoms with E-state index in [0.717, 1.165) is 5.56 Å². The minimum Gasteiger partial charge on any atom is -0.503 e. The van der Waals surface area contributed by atoms with E-state index in [1.807, 2.05) is 19.9 Å². The van der Waals surface area contributed by atoms with Gasteiger partial charge in [0.05, 0.1) is 29.7 Å². The number of carbonyl (C=O) groups excluding carboxylic acids is 2. The number of amides is 1. The highest BCUT2D eigenvalue weighted by molar-refractivity contribution is 7.12. The van der Waals surface area contributed by atoms with E-state index in [1.54, 1.807) is 54.2 Å². The molecule has 0 saturated carbocycles. The summed E-state index contributed by atoms with van der Waals surface area (Å²) in [5.74, 6) is -0.420. The Kier molecular flexibility index (Phi) is 6.74. The monoisotopic (exact) mass is 464 g/mol. The van der Waals surface area contributed by atoms with Crippen LogP contribution < -0.4 is 9.47 Å². The van der Waals surface area contributed by atoms with Crippen molar-refractivity contribution >= 4 is 23.0 Å². The highest BCUT2D eigenvalue weighted by atomic mass is 32.1. The Morgan fingerprint density at radius 1 is 1.12 bits per heavy atom. The number of rotatable bonds is 9. The number of Topliss-reactive ketones (excluding diaryl/α,β-unsaturated/α-hetero) is 1. The molecule has 170 valence electrons. The van der Waals surface area contributed by atoms with Gasteiger partial charge in [0, 0.05) is 18.9 Å². The molecule has 33 heavy (non-hydrogen) atoms. The van der Waals surface area contributed by atoms with E-state index >= 15 is 0 Å². The molecular weight excluding hydrogens is 440 g/mol. The van der Waals surface area contributed by atoms with Crippen LogP contribution in [-0.4, -0.2) is 39.9 Å². The molecule has 3 aromatic rings. The van der Waals surface area contributed by atoms with Gasteiger partial charge in [0.15, 0.2) is 17.3 Å². The highest BCUT2D eigenvalue weighted by Crippen LogP contribution is 2.42. The molecule has 2 aromatic heterocycles. The fourth-order valence-corrected chi connectivity index (χ4v) is 4.54. The highest BCUT2D eigenvalue weighted by Gasteiger charge is 2.44. The van der Waals surface area contributed by atoms with Crippen LogP contribution in [0.1, 0.15) is 40.7 Å². The second-order valence-corrected chi connectivity index (χ2v) is 8.29. The number of aromatic nitrogens is 1. The standard InChI is InChI=1S/C25H24N2O5S/c1-3-31-18-10-9-17(13-19(18)32-4-2)22-21(23(28)20-8-6-12-33-20)24(29)25(30)27(22)15-16-7-5-11-26-14-16/h5-14,22,29H,3-4,15H2,1-2H3. The summed E-state index contributed by atoms with van der Waals surface area (Å²) in [6.07, 6.45) is 3.30. The van der Waals surface area contributed by atoms with Crippen molar-refractivity contribution in [1.82, 2.24) is 9.88 Å². The molecule has 0 radical (unpaired) electrons. The van der Waals surface area contributed by atoms with Gasteiger partial charge in [-0.05, 0) is 54.6 Å². The Hall–Kier alpha value is -3.65. The van der Waals surface area contributed by atoms with Crippen LogP contribution >= 0.6 is 11.3 Å². The van der Waals surface area contributed by atoms with Gasteiger partial charge in [0.1, 0.15) is 0 Å². The first-order valence-corrected chi connectivity index (χ1v) is 11.5. The van der Waals surface area contributed by atoms with Crippen LogP contribution in [0, 0.1) is 0 Å². The van der Waals surface area contributed by atoms with Gasteiger partial charge in [-0.15, -0.1) is 11.3 Å². The quantitative estimate of drug-likeness (QED) is 0.461. The summed E-state index contributed by atoms with van der Waals surface area (Å²) in [5.41, 5.74) is 1.48. The summed E-state index contributed by atoms with van der Waals surface area (Å²) in [7, 11) is 0. The Bertz CT molecular complexity index is 1170. The van der Waals surface area contributed by atoms with Gasteiger partial charge < -0.3 is 19.5 Å². The van der Waals surface area contributed by atoms with E-state index in [-0.39, 0.29) is 17.9 Å². The van der Waals surface area contributed by atoms with Crippen molar-refractivity contribution in [3.8, 4) is 11.5 Å². The van der Waals surface area contributed by atoms with Crippen LogP contribution in [0.25, 0.3) is 0 Å². The molecule has 7 nitrogen and oxygen atoms in total. The van der Waals surface area contributed by atoms with Crippen LogP contribution in [0.4, 0.5) is 0 Å². The van der Waals surface area contributed by atoms with Crippen molar-refractivity contribution < 1.29 is 24.2 Å². The Morgan fingerprint density at radius 2 is 1.91 bits per heavy atom. The number of aliphatic hydroxyl groups is 1. The number of carbonyl (C=O) groups is 2. The van der Waals surface area contributed by atoms with Crippen molar-refractivity contribution in [3.63, 3.8) is 0 Å². The van der Waals surface area contributed by atoms with Gasteiger partial charge in [-0.25, -0.2) is 0 Å². The van der Waals surface area contributed by atoms with Gasteiger partial charge >= 0.3 is 0 Å². The molecule has 1 aliphatic rings. The van der Waals surface area contributed by atoms with Gasteiger partial charge in [-0.1, -0.05) is 18.2 Å². The molecule has 1 aromatic carbocycles. The lowest BCUT2D eigenvalue weighted by Gasteiger charge is -2.27. The molecule has 1 unspecified atom stereocenters. The van der Waals surface area contributed by atoms with E-state index in [1.165, 1.54) is 16.2 Å². The molecule has 4 rings (SSSR count). The normalized spacial score (nSPS) is 15.8. The average molecular weight is 465 g/mol. The van der Waals surface area contributed by atoms with E-state index in [0.29, 0.717) is 35.2 Å². The maximum atomic E-state index is 13.4. The largest absolute Gasteiger partial charge is 0.503 e. The fourth-order valence-electron chi connectivity index (χ4n) is 3.86. The summed E-state index contributed by atoms with van der Waals surface area (Å²) in [6.45, 7) is 4.83. The van der Waals surface area contributed by atoms with Gasteiger partial charge in [-0.2, -0.15) is 0 Å². The molecule has 3 heterocycles. The Morgan fingerprint density at radius 3 is 2.58 bits per heavy atom. The van der Waals surface area contributed by atoms with Crippen molar-refractivity contribution in [2.75, 3.05) is 13.2 Å². The van der Waals surface area contributed by atoms with Gasteiger partial charge in [-0.3, -0.25) is 14.6 Å². The number of hydrogen-bond donors (Lipinski definition) is 1. The number of thiophene rings is 1. The predicted octanol–water partition coefficient (Wildman–Crippen LogP) is 4.72. The van der Waals surface area contributed by atoms with Gasteiger partial charge in [0.25, 0.3) is 5.91 Å². The second kappa shape index (κ2) is 9.87. The first kappa shape index (κ1) is 22.5. The molecule has 0 fully saturated rings. The van der Waals surface area contributed by atoms with Crippen LogP contribution in [0.15, 0.2) is 71.6 Å². The lowest BCUT2D eigenvalue weighted by molar-refractivity contribution is -0.130. The van der Waals surface area contributed by atoms with Gasteiger partial charge in [0.2, 0.25) is 5.78 Å². The minimum atomic E-state index is -0.790. The topological polar surface area (TPSA) is 89.0 Å². The molecule has 8 heteroatoms. The third-order valence-corrected chi connectivity index (χ3v) is 6.12. The predicted molar refractivity (Wildman–Crippen MR) is 125 cm³/mol. The number of pyridine rings is 1. The lowest BCUT2D eigenvalue weighted by atomic mass is 9.95. The molecule has 0 saturated heterocycles. The SMILES string of the molecule is CCOc1ccc(C2C(C(=O)c3cccs3)=C(O)C(=O)N2Cc2cccnc2)cc1OCC. The summed E-state index contributed by atoms with van der Waals surface area (Å²) in [4.78, 5) is 32.6. The first-order chi connectivity index (χ1) is 16.0. The van der Waals surface area contributed by atoms with Crippen molar-refractivity contribution in [1.29, 1.82) is 0 Å². The summed E-state index contributed by atoms with van der Waals surface area (Å²) in [5, 5.41) is 12.6. The van der Waals surface area contributed by atoms with Crippen LogP contribution in [-0.2, 0) is 11.3 Å². The zero-order valence-corrected chi connectivity index (χ0v) is 19.2. The third-order valence-electron chi connectivity index (χ3n) is 5.25. The smallest absolute Gasteiger partial charge is 0.290 e. The number of ether oxygens (including phenoxy) is 2. The first-order valence-electron chi connectivity index (χ1n) is 10.7. The van der Waals surface area contributed by atoms with E-state index in [4.69, 9.17) is 9.47 Å². The molecule has 0 spiro atoms. The maximum Gasteiger partial charge on any atom is 0.290 e. The zero-order valence-electron chi connectivity index (χ0n) is 18.4. The third kappa shape index (κ3) is 4.47. The molecular formula is C25H24N2O5S. The number of hydrogen-bond acceptors (Lipinski definition) is 7. The van der Waals surface area contributed by atoms with Crippen molar-refractivity contribution in [2.24, 2.45) is 0 Å². The van der Waals surface area contributed by atoms with Crippen molar-refractivity contribution in [2.45, 2.75) is 26.4 Å². The molecule has 0 aliphatic carbocycles. The maximum absolute atomic E-state index is 13.4. The Balaban J connectivity index is 1.82. The fraction of sp³-hybridized carbons (Fsp3) is 0.240. The number of ketones is 1. The average Bonchev–Trinajstić information content (AvgIpc) is 3.44. The molecule has 1 N–H and O–H groups in total. The van der Waals surface area contributed by atoms with E-state index < -0.39 is 17.7 Å². The van der Waals surface area contributed by atoms with Crippen LogP contribution in [0.2, 0.25) is 0 Å². The summed E-state index contributed by atoms with van der Waals surface area (Å²) < 4.78 is 11.4. The molecule has 1 amide bonds. The van der Waals surface area contributed by atoms with Crippen LogP contribution in [0.5, 0.6) is 11.5 Å². The lowest BCUT2D eigenvalue weighted by Crippen LogP contribution is -2.30. The number of benzene rings is 1.